The van der Waals surface area contributed by atoms with Crippen LogP contribution in [0.4, 0.5) is 0 Å². The van der Waals surface area contributed by atoms with Crippen LogP contribution in [0.2, 0.25) is 0 Å². The van der Waals surface area contributed by atoms with E-state index in [9.17, 15) is 9.90 Å². The van der Waals surface area contributed by atoms with Gasteiger partial charge in [0, 0.05) is 5.92 Å². The van der Waals surface area contributed by atoms with Crippen molar-refractivity contribution in [3.8, 4) is 0 Å². The van der Waals surface area contributed by atoms with Crippen molar-refractivity contribution in [3.63, 3.8) is 0 Å². The molecule has 3 nitrogen and oxygen atoms in total. The molecule has 1 N–H and O–H groups in total. The van der Waals surface area contributed by atoms with Gasteiger partial charge in [-0.2, -0.15) is 0 Å². The van der Waals surface area contributed by atoms with Crippen LogP contribution in [-0.4, -0.2) is 23.8 Å². The van der Waals surface area contributed by atoms with Gasteiger partial charge >= 0.3 is 5.97 Å². The Morgan fingerprint density at radius 1 is 1.28 bits per heavy atom. The monoisotopic (exact) mass is 248 g/mol. The molecule has 2 atom stereocenters. The molecule has 0 aromatic heterocycles. The molecule has 1 aromatic rings. The first-order chi connectivity index (χ1) is 8.72. The van der Waals surface area contributed by atoms with Crippen molar-refractivity contribution in [3.05, 3.63) is 35.4 Å². The van der Waals surface area contributed by atoms with Crippen LogP contribution in [0.5, 0.6) is 0 Å². The number of ether oxygens (including phenoxy) is 1. The van der Waals surface area contributed by atoms with E-state index < -0.39 is 0 Å². The smallest absolute Gasteiger partial charge is 0.338 e. The molecule has 0 aliphatic heterocycles. The van der Waals surface area contributed by atoms with Gasteiger partial charge in [0.2, 0.25) is 0 Å². The summed E-state index contributed by atoms with van der Waals surface area (Å²) in [5.41, 5.74) is 1.70. The molecular formula is C15H20O3. The Bertz CT molecular complexity index is 397. The van der Waals surface area contributed by atoms with E-state index in [1.54, 1.807) is 19.1 Å². The van der Waals surface area contributed by atoms with Gasteiger partial charge in [0.05, 0.1) is 18.3 Å². The lowest BCUT2D eigenvalue weighted by Gasteiger charge is -2.27. The summed E-state index contributed by atoms with van der Waals surface area (Å²) in [7, 11) is 0. The maximum atomic E-state index is 11.5. The first-order valence-corrected chi connectivity index (χ1v) is 6.67. The molecule has 98 valence electrons. The summed E-state index contributed by atoms with van der Waals surface area (Å²) < 4.78 is 4.95. The highest BCUT2D eigenvalue weighted by molar-refractivity contribution is 5.89. The fourth-order valence-corrected chi connectivity index (χ4v) is 2.58. The standard InChI is InChI=1S/C15H20O3/c1-2-18-15(17)12-9-7-11(8-10-12)13-5-3-4-6-14(13)16/h7-10,13-14,16H,2-6H2,1H3. The van der Waals surface area contributed by atoms with Crippen LogP contribution in [0.1, 0.15) is 54.4 Å². The third-order valence-electron chi connectivity index (χ3n) is 3.58. The van der Waals surface area contributed by atoms with E-state index in [2.05, 4.69) is 0 Å². The van der Waals surface area contributed by atoms with Crippen LogP contribution in [-0.2, 0) is 4.74 Å². The highest BCUT2D eigenvalue weighted by atomic mass is 16.5. The van der Waals surface area contributed by atoms with Gasteiger partial charge in [-0.3, -0.25) is 0 Å². The molecule has 1 aliphatic carbocycles. The third-order valence-corrected chi connectivity index (χ3v) is 3.58. The summed E-state index contributed by atoms with van der Waals surface area (Å²) in [6.07, 6.45) is 3.94. The lowest BCUT2D eigenvalue weighted by atomic mass is 9.81. The van der Waals surface area contributed by atoms with Crippen molar-refractivity contribution in [1.82, 2.24) is 0 Å². The Labute approximate surface area is 108 Å². The van der Waals surface area contributed by atoms with Crippen molar-refractivity contribution in [2.24, 2.45) is 0 Å². The van der Waals surface area contributed by atoms with Crippen molar-refractivity contribution in [2.75, 3.05) is 6.61 Å². The quantitative estimate of drug-likeness (QED) is 0.837. The van der Waals surface area contributed by atoms with Gasteiger partial charge in [0.1, 0.15) is 0 Å². The molecule has 1 saturated carbocycles. The molecule has 0 radical (unpaired) electrons. The summed E-state index contributed by atoms with van der Waals surface area (Å²) in [4.78, 5) is 11.5. The average Bonchev–Trinajstić information content (AvgIpc) is 2.40. The largest absolute Gasteiger partial charge is 0.462 e. The third kappa shape index (κ3) is 2.91. The molecule has 0 spiro atoms. The zero-order chi connectivity index (χ0) is 13.0. The molecule has 18 heavy (non-hydrogen) atoms. The van der Waals surface area contributed by atoms with Crippen LogP contribution < -0.4 is 0 Å². The summed E-state index contributed by atoms with van der Waals surface area (Å²) in [6, 6.07) is 7.44. The van der Waals surface area contributed by atoms with Crippen LogP contribution in [0.15, 0.2) is 24.3 Å². The Hall–Kier alpha value is -1.35. The average molecular weight is 248 g/mol. The number of hydrogen-bond donors (Lipinski definition) is 1. The summed E-state index contributed by atoms with van der Waals surface area (Å²) in [6.45, 7) is 2.19. The maximum Gasteiger partial charge on any atom is 0.338 e. The van der Waals surface area contributed by atoms with Crippen molar-refractivity contribution < 1.29 is 14.6 Å². The second-order valence-electron chi connectivity index (χ2n) is 4.80. The molecule has 1 fully saturated rings. The predicted molar refractivity (Wildman–Crippen MR) is 69.6 cm³/mol. The van der Waals surface area contributed by atoms with Crippen molar-refractivity contribution >= 4 is 5.97 Å². The molecule has 1 aliphatic rings. The Morgan fingerprint density at radius 3 is 2.56 bits per heavy atom. The second kappa shape index (κ2) is 6.01. The molecule has 2 rings (SSSR count). The molecular weight excluding hydrogens is 228 g/mol. The first kappa shape index (κ1) is 13.1. The fraction of sp³-hybridized carbons (Fsp3) is 0.533. The molecule has 3 heteroatoms. The van der Waals surface area contributed by atoms with E-state index in [4.69, 9.17) is 4.74 Å². The molecule has 0 bridgehead atoms. The minimum atomic E-state index is -0.284. The van der Waals surface area contributed by atoms with Gasteiger partial charge in [-0.25, -0.2) is 4.79 Å². The van der Waals surface area contributed by atoms with Crippen LogP contribution >= 0.6 is 0 Å². The Morgan fingerprint density at radius 2 is 1.94 bits per heavy atom. The SMILES string of the molecule is CCOC(=O)c1ccc(C2CCCCC2O)cc1. The number of aliphatic hydroxyl groups is 1. The summed E-state index contributed by atoms with van der Waals surface area (Å²) in [5.74, 6) is -0.0664. The number of esters is 1. The van der Waals surface area contributed by atoms with Crippen LogP contribution in [0.25, 0.3) is 0 Å². The lowest BCUT2D eigenvalue weighted by Crippen LogP contribution is -2.22. The normalized spacial score (nSPS) is 23.7. The zero-order valence-electron chi connectivity index (χ0n) is 10.8. The summed E-state index contributed by atoms with van der Waals surface area (Å²) >= 11 is 0. The zero-order valence-corrected chi connectivity index (χ0v) is 10.8. The number of aliphatic hydroxyl groups excluding tert-OH is 1. The molecule has 0 saturated heterocycles. The minimum absolute atomic E-state index is 0.218. The predicted octanol–water partition coefficient (Wildman–Crippen LogP) is 2.88. The van der Waals surface area contributed by atoms with E-state index >= 15 is 0 Å². The number of carbonyl (C=O) groups excluding carboxylic acids is 1. The molecule has 1 aromatic carbocycles. The number of hydrogen-bond acceptors (Lipinski definition) is 3. The van der Waals surface area contributed by atoms with Gasteiger partial charge in [0.25, 0.3) is 0 Å². The van der Waals surface area contributed by atoms with E-state index in [1.165, 1.54) is 6.42 Å². The van der Waals surface area contributed by atoms with Gasteiger partial charge < -0.3 is 9.84 Å². The van der Waals surface area contributed by atoms with Crippen molar-refractivity contribution in [1.29, 1.82) is 0 Å². The number of benzene rings is 1. The number of rotatable bonds is 3. The van der Waals surface area contributed by atoms with Gasteiger partial charge in [-0.05, 0) is 37.5 Å². The van der Waals surface area contributed by atoms with Gasteiger partial charge in [-0.1, -0.05) is 25.0 Å². The molecule has 0 heterocycles. The minimum Gasteiger partial charge on any atom is -0.462 e. The first-order valence-electron chi connectivity index (χ1n) is 6.67. The van der Waals surface area contributed by atoms with Crippen molar-refractivity contribution in [2.45, 2.75) is 44.6 Å². The summed E-state index contributed by atoms with van der Waals surface area (Å²) in [5, 5.41) is 9.99. The molecule has 0 amide bonds. The number of carbonyl (C=O) groups is 1. The van der Waals surface area contributed by atoms with Crippen LogP contribution in [0, 0.1) is 0 Å². The highest BCUT2D eigenvalue weighted by Crippen LogP contribution is 2.33. The highest BCUT2D eigenvalue weighted by Gasteiger charge is 2.24. The molecule has 2 unspecified atom stereocenters. The van der Waals surface area contributed by atoms with Gasteiger partial charge in [0.15, 0.2) is 0 Å². The fourth-order valence-electron chi connectivity index (χ4n) is 2.58. The second-order valence-corrected chi connectivity index (χ2v) is 4.80. The maximum absolute atomic E-state index is 11.5. The van der Waals surface area contributed by atoms with E-state index in [-0.39, 0.29) is 18.0 Å². The van der Waals surface area contributed by atoms with E-state index in [0.717, 1.165) is 24.8 Å². The van der Waals surface area contributed by atoms with Crippen LogP contribution in [0.3, 0.4) is 0 Å². The Kier molecular flexibility index (Phi) is 4.37. The topological polar surface area (TPSA) is 46.5 Å². The van der Waals surface area contributed by atoms with Gasteiger partial charge in [-0.15, -0.1) is 0 Å². The lowest BCUT2D eigenvalue weighted by molar-refractivity contribution is 0.0526. The van der Waals surface area contributed by atoms with E-state index in [0.29, 0.717) is 12.2 Å². The Balaban J connectivity index is 2.09. The van der Waals surface area contributed by atoms with E-state index in [1.807, 2.05) is 12.1 Å².